The van der Waals surface area contributed by atoms with Crippen molar-refractivity contribution in [2.45, 2.75) is 51.6 Å². The fourth-order valence-corrected chi connectivity index (χ4v) is 3.01. The second-order valence-electron chi connectivity index (χ2n) is 5.79. The smallest absolute Gasteiger partial charge is 0.413 e. The molecule has 5 heteroatoms. The third kappa shape index (κ3) is 3.07. The number of hydrogen-bond donors (Lipinski definition) is 1. The predicted molar refractivity (Wildman–Crippen MR) is 76.5 cm³/mol. The number of terminal acetylenes is 1. The quantitative estimate of drug-likeness (QED) is 0.843. The minimum Gasteiger partial charge on any atom is -0.444 e. The SMILES string of the molecule is C#CC1(c2sc(NC(=O)OC(C)(C)C)nc2C)CC1. The Kier molecular flexibility index (Phi) is 3.31. The number of amides is 1. The van der Waals surface area contributed by atoms with Gasteiger partial charge in [-0.25, -0.2) is 9.78 Å². The van der Waals surface area contributed by atoms with Crippen molar-refractivity contribution in [2.24, 2.45) is 0 Å². The number of carbonyl (C=O) groups excluding carboxylic acids is 1. The Morgan fingerprint density at radius 3 is 2.63 bits per heavy atom. The summed E-state index contributed by atoms with van der Waals surface area (Å²) in [5.41, 5.74) is 0.234. The third-order valence-corrected chi connectivity index (χ3v) is 4.14. The minimum atomic E-state index is -0.518. The largest absolute Gasteiger partial charge is 0.444 e. The van der Waals surface area contributed by atoms with E-state index in [-0.39, 0.29) is 5.41 Å². The van der Waals surface area contributed by atoms with Crippen LogP contribution in [-0.2, 0) is 10.2 Å². The van der Waals surface area contributed by atoms with Crippen LogP contribution in [0.4, 0.5) is 9.93 Å². The lowest BCUT2D eigenvalue weighted by Gasteiger charge is -2.18. The maximum Gasteiger partial charge on any atom is 0.413 e. The number of aryl methyl sites for hydroxylation is 1. The number of nitrogens with zero attached hydrogens (tertiary/aromatic N) is 1. The van der Waals surface area contributed by atoms with Crippen molar-refractivity contribution in [2.75, 3.05) is 5.32 Å². The lowest BCUT2D eigenvalue weighted by atomic mass is 10.1. The summed E-state index contributed by atoms with van der Waals surface area (Å²) in [4.78, 5) is 17.1. The van der Waals surface area contributed by atoms with Crippen LogP contribution in [0.3, 0.4) is 0 Å². The van der Waals surface area contributed by atoms with Gasteiger partial charge in [0, 0.05) is 4.88 Å². The Balaban J connectivity index is 2.10. The van der Waals surface area contributed by atoms with Gasteiger partial charge in [0.1, 0.15) is 5.60 Å². The molecule has 1 aliphatic rings. The summed E-state index contributed by atoms with van der Waals surface area (Å²) in [5, 5.41) is 3.21. The highest BCUT2D eigenvalue weighted by Crippen LogP contribution is 2.51. The average Bonchev–Trinajstić information content (AvgIpc) is 2.96. The highest BCUT2D eigenvalue weighted by Gasteiger charge is 2.45. The van der Waals surface area contributed by atoms with E-state index in [2.05, 4.69) is 16.2 Å². The van der Waals surface area contributed by atoms with Crippen LogP contribution in [0.5, 0.6) is 0 Å². The summed E-state index contributed by atoms with van der Waals surface area (Å²) in [7, 11) is 0. The first-order chi connectivity index (χ1) is 8.76. The van der Waals surface area contributed by atoms with E-state index in [4.69, 9.17) is 11.2 Å². The fraction of sp³-hybridized carbons (Fsp3) is 0.571. The van der Waals surface area contributed by atoms with E-state index >= 15 is 0 Å². The molecule has 1 amide bonds. The molecule has 0 spiro atoms. The summed E-state index contributed by atoms with van der Waals surface area (Å²) in [6.07, 6.45) is 7.09. The molecule has 1 saturated carbocycles. The molecule has 1 N–H and O–H groups in total. The van der Waals surface area contributed by atoms with E-state index in [1.54, 1.807) is 0 Å². The van der Waals surface area contributed by atoms with Crippen LogP contribution in [0.1, 0.15) is 44.2 Å². The molecular formula is C14H18N2O2S. The van der Waals surface area contributed by atoms with Gasteiger partial charge in [-0.3, -0.25) is 5.32 Å². The van der Waals surface area contributed by atoms with Gasteiger partial charge < -0.3 is 4.74 Å². The van der Waals surface area contributed by atoms with Gasteiger partial charge in [-0.1, -0.05) is 17.3 Å². The summed E-state index contributed by atoms with van der Waals surface area (Å²) >= 11 is 1.44. The molecule has 19 heavy (non-hydrogen) atoms. The Morgan fingerprint density at radius 2 is 2.16 bits per heavy atom. The third-order valence-electron chi connectivity index (χ3n) is 2.87. The summed E-state index contributed by atoms with van der Waals surface area (Å²) in [6, 6.07) is 0. The molecule has 1 heterocycles. The van der Waals surface area contributed by atoms with Crippen molar-refractivity contribution >= 4 is 22.6 Å². The topological polar surface area (TPSA) is 51.2 Å². The van der Waals surface area contributed by atoms with Gasteiger partial charge in [0.15, 0.2) is 5.13 Å². The predicted octanol–water partition coefficient (Wildman–Crippen LogP) is 3.46. The first kappa shape index (κ1) is 13.9. The molecule has 0 aromatic carbocycles. The molecule has 0 saturated heterocycles. The molecule has 1 aliphatic carbocycles. The van der Waals surface area contributed by atoms with Gasteiger partial charge in [-0.05, 0) is 40.5 Å². The van der Waals surface area contributed by atoms with Gasteiger partial charge in [-0.15, -0.1) is 6.42 Å². The van der Waals surface area contributed by atoms with Crippen LogP contribution in [0.2, 0.25) is 0 Å². The van der Waals surface area contributed by atoms with Crippen LogP contribution < -0.4 is 5.32 Å². The van der Waals surface area contributed by atoms with Gasteiger partial charge >= 0.3 is 6.09 Å². The van der Waals surface area contributed by atoms with Gasteiger partial charge in [0.25, 0.3) is 0 Å². The van der Waals surface area contributed by atoms with E-state index in [9.17, 15) is 4.79 Å². The number of rotatable bonds is 2. The summed E-state index contributed by atoms with van der Waals surface area (Å²) in [6.45, 7) is 7.39. The molecule has 0 bridgehead atoms. The maximum absolute atomic E-state index is 11.7. The lowest BCUT2D eigenvalue weighted by molar-refractivity contribution is 0.0636. The number of thiazole rings is 1. The zero-order valence-electron chi connectivity index (χ0n) is 11.7. The van der Waals surface area contributed by atoms with Gasteiger partial charge in [0.05, 0.1) is 11.1 Å². The van der Waals surface area contributed by atoms with Gasteiger partial charge in [0.2, 0.25) is 0 Å². The molecule has 0 unspecified atom stereocenters. The molecule has 1 aromatic heterocycles. The average molecular weight is 278 g/mol. The second kappa shape index (κ2) is 4.53. The number of carbonyl (C=O) groups is 1. The number of anilines is 1. The second-order valence-corrected chi connectivity index (χ2v) is 6.79. The Morgan fingerprint density at radius 1 is 1.53 bits per heavy atom. The van der Waals surface area contributed by atoms with Crippen molar-refractivity contribution in [1.29, 1.82) is 0 Å². The van der Waals surface area contributed by atoms with Crippen molar-refractivity contribution < 1.29 is 9.53 Å². The van der Waals surface area contributed by atoms with Gasteiger partial charge in [-0.2, -0.15) is 0 Å². The first-order valence-corrected chi connectivity index (χ1v) is 7.03. The summed E-state index contributed by atoms with van der Waals surface area (Å²) in [5.74, 6) is 2.84. The van der Waals surface area contributed by atoms with Crippen LogP contribution in [-0.4, -0.2) is 16.7 Å². The molecule has 1 aromatic rings. The monoisotopic (exact) mass is 278 g/mol. The molecule has 2 rings (SSSR count). The Labute approximate surface area is 117 Å². The molecule has 0 aliphatic heterocycles. The summed E-state index contributed by atoms with van der Waals surface area (Å²) < 4.78 is 5.19. The number of nitrogens with one attached hydrogen (secondary N) is 1. The highest BCUT2D eigenvalue weighted by atomic mass is 32.1. The molecule has 4 nitrogen and oxygen atoms in total. The number of ether oxygens (including phenoxy) is 1. The Hall–Kier alpha value is -1.54. The first-order valence-electron chi connectivity index (χ1n) is 6.21. The van der Waals surface area contributed by atoms with Crippen molar-refractivity contribution in [3.05, 3.63) is 10.6 Å². The number of hydrogen-bond acceptors (Lipinski definition) is 4. The minimum absolute atomic E-state index is 0.143. The van der Waals surface area contributed by atoms with Crippen LogP contribution >= 0.6 is 11.3 Å². The van der Waals surface area contributed by atoms with E-state index in [0.717, 1.165) is 23.4 Å². The van der Waals surface area contributed by atoms with E-state index in [0.29, 0.717) is 5.13 Å². The lowest BCUT2D eigenvalue weighted by Crippen LogP contribution is -2.27. The van der Waals surface area contributed by atoms with Crippen molar-refractivity contribution in [1.82, 2.24) is 4.98 Å². The highest BCUT2D eigenvalue weighted by molar-refractivity contribution is 7.16. The number of aromatic nitrogens is 1. The van der Waals surface area contributed by atoms with E-state index < -0.39 is 11.7 Å². The fourth-order valence-electron chi connectivity index (χ4n) is 1.85. The zero-order chi connectivity index (χ0) is 14.3. The Bertz CT molecular complexity index is 545. The standard InChI is InChI=1S/C14H18N2O2S/c1-6-14(7-8-14)10-9(2)15-11(19-10)16-12(17)18-13(3,4)5/h1H,7-8H2,2-5H3,(H,15,16,17). The van der Waals surface area contributed by atoms with E-state index in [1.165, 1.54) is 11.3 Å². The van der Waals surface area contributed by atoms with Crippen molar-refractivity contribution in [3.8, 4) is 12.3 Å². The van der Waals surface area contributed by atoms with Crippen molar-refractivity contribution in [3.63, 3.8) is 0 Å². The molecule has 102 valence electrons. The molecule has 1 fully saturated rings. The van der Waals surface area contributed by atoms with E-state index in [1.807, 2.05) is 27.7 Å². The molecule has 0 radical (unpaired) electrons. The normalized spacial score (nSPS) is 16.6. The molecule has 0 atom stereocenters. The van der Waals surface area contributed by atoms with Crippen LogP contribution in [0, 0.1) is 19.3 Å². The van der Waals surface area contributed by atoms with Crippen LogP contribution in [0.15, 0.2) is 0 Å². The molecular weight excluding hydrogens is 260 g/mol. The zero-order valence-corrected chi connectivity index (χ0v) is 12.5. The maximum atomic E-state index is 11.7. The van der Waals surface area contributed by atoms with Crippen LogP contribution in [0.25, 0.3) is 0 Å².